The fourth-order valence-electron chi connectivity index (χ4n) is 2.21. The van der Waals surface area contributed by atoms with Crippen LogP contribution in [-0.4, -0.2) is 56.9 Å². The van der Waals surface area contributed by atoms with Crippen molar-refractivity contribution in [1.82, 2.24) is 0 Å². The minimum Gasteiger partial charge on any atom is -0.256 e. The molecule has 0 unspecified atom stereocenters. The van der Waals surface area contributed by atoms with E-state index < -0.39 is 75.6 Å². The Morgan fingerprint density at radius 1 is 0.484 bits per heavy atom. The molecular weight excluding hydrogens is 459 g/mol. The Morgan fingerprint density at radius 2 is 0.677 bits per heavy atom. The molecule has 0 saturated carbocycles. The van der Waals surface area contributed by atoms with Crippen LogP contribution in [0.3, 0.4) is 0 Å². The van der Waals surface area contributed by atoms with Crippen LogP contribution in [0.1, 0.15) is 12.8 Å². The zero-order chi connectivity index (χ0) is 25.1. The second kappa shape index (κ2) is 8.24. The molecule has 0 atom stereocenters. The van der Waals surface area contributed by atoms with Gasteiger partial charge in [-0.2, -0.15) is 0 Å². The van der Waals surface area contributed by atoms with Crippen molar-refractivity contribution in [2.75, 3.05) is 0 Å². The van der Waals surface area contributed by atoms with Gasteiger partial charge in [-0.15, -0.1) is 0 Å². The van der Waals surface area contributed by atoms with Crippen molar-refractivity contribution in [2.24, 2.45) is 5.92 Å². The van der Waals surface area contributed by atoms with Crippen molar-refractivity contribution >= 4 is 0 Å². The van der Waals surface area contributed by atoms with E-state index in [1.54, 1.807) is 0 Å². The zero-order valence-electron chi connectivity index (χ0n) is 14.0. The molecule has 0 rings (SSSR count). The highest BCUT2D eigenvalue weighted by Gasteiger charge is 2.84. The minimum atomic E-state index is -5.54. The maximum atomic E-state index is 14.6. The second-order valence-corrected chi connectivity index (χ2v) is 5.35. The van der Waals surface area contributed by atoms with Gasteiger partial charge < -0.3 is 0 Å². The Kier molecular flexibility index (Phi) is 6.95. The quantitative estimate of drug-likeness (QED) is 0.130. The summed E-state index contributed by atoms with van der Waals surface area (Å²) >= 11 is 0. The lowest BCUT2D eigenvalue weighted by atomic mass is 9.89. The van der Waals surface area contributed by atoms with Gasteiger partial charge in [0.2, 0.25) is 0 Å². The van der Waals surface area contributed by atoms with E-state index >= 15 is 0 Å². The van der Waals surface area contributed by atoms with Crippen molar-refractivity contribution in [2.45, 2.75) is 30.3 Å². The van der Waals surface area contributed by atoms with Crippen LogP contribution in [0, 0.1) is 86.8 Å². The van der Waals surface area contributed by atoms with Gasteiger partial charge in [0.05, 0.1) is 0 Å². The highest BCUT2D eigenvalue weighted by atomic mass is 19.2. The van der Waals surface area contributed by atoms with Crippen molar-refractivity contribution in [3.63, 3.8) is 0 Å². The smallest absolute Gasteiger partial charge is 0.256 e. The van der Waals surface area contributed by atoms with Crippen LogP contribution in [0.15, 0.2) is 0 Å². The molecule has 0 radical (unpaired) electrons. The SMILES string of the molecule is O=[N+]([O-])C(F)(C(CC([N+](=O)[O-])([N+](=O)[O-])[N+](=O)[O-])CC([N+](=O)[O-])([N+](=O)[O-])[N+](=O)[O-])[N+](=O)[O-]. The molecule has 31 heavy (non-hydrogen) atoms. The Balaban J connectivity index is 7.27. The van der Waals surface area contributed by atoms with E-state index in [0.29, 0.717) is 0 Å². The molecule has 0 aromatic rings. The van der Waals surface area contributed by atoms with Gasteiger partial charge in [-0.05, 0) is 0 Å². The first-order chi connectivity index (χ1) is 13.9. The number of nitrogens with zero attached hydrogens (tertiary/aromatic N) is 8. The fourth-order valence-corrected chi connectivity index (χ4v) is 2.21. The maximum Gasteiger partial charge on any atom is 0.700 e. The molecule has 0 aliphatic carbocycles. The summed E-state index contributed by atoms with van der Waals surface area (Å²) in [4.78, 5) is 67.4. The van der Waals surface area contributed by atoms with Crippen LogP contribution in [0.2, 0.25) is 0 Å². The van der Waals surface area contributed by atoms with Gasteiger partial charge in [-0.25, -0.2) is 0 Å². The molecule has 0 fully saturated rings. The monoisotopic (exact) mass is 464 g/mol. The predicted octanol–water partition coefficient (Wildman–Crippen LogP) is -1.47. The summed E-state index contributed by atoms with van der Waals surface area (Å²) in [7, 11) is 0. The Bertz CT molecular complexity index is 747. The van der Waals surface area contributed by atoms with Crippen LogP contribution in [0.4, 0.5) is 4.39 Å². The molecule has 172 valence electrons. The van der Waals surface area contributed by atoms with E-state index in [2.05, 4.69) is 0 Å². The van der Waals surface area contributed by atoms with E-state index in [9.17, 15) is 85.3 Å². The Hall–Kier alpha value is -4.87. The normalized spacial score (nSPS) is 12.1. The van der Waals surface area contributed by atoms with Crippen molar-refractivity contribution < 1.29 is 43.8 Å². The highest BCUT2D eigenvalue weighted by molar-refractivity contribution is 4.77. The second-order valence-electron chi connectivity index (χ2n) is 5.35. The highest BCUT2D eigenvalue weighted by Crippen LogP contribution is 2.39. The first-order valence-corrected chi connectivity index (χ1v) is 6.71. The fraction of sp³-hybridized carbons (Fsp3) is 1.00. The van der Waals surface area contributed by atoms with Crippen molar-refractivity contribution in [1.29, 1.82) is 0 Å². The average molecular weight is 464 g/mol. The van der Waals surface area contributed by atoms with Gasteiger partial charge in [0.15, 0.2) is 48.3 Å². The van der Waals surface area contributed by atoms with Gasteiger partial charge in [0.25, 0.3) is 0 Å². The number of rotatable bonds is 13. The van der Waals surface area contributed by atoms with Crippen LogP contribution in [0.25, 0.3) is 0 Å². The van der Waals surface area contributed by atoms with E-state index in [1.807, 2.05) is 0 Å². The molecule has 25 heteroatoms. The third kappa shape index (κ3) is 3.85. The van der Waals surface area contributed by atoms with E-state index in [4.69, 9.17) is 0 Å². The van der Waals surface area contributed by atoms with Crippen LogP contribution >= 0.6 is 0 Å². The number of halogens is 1. The van der Waals surface area contributed by atoms with Crippen LogP contribution in [-0.2, 0) is 0 Å². The molecule has 24 nitrogen and oxygen atoms in total. The molecule has 0 spiro atoms. The first-order valence-electron chi connectivity index (χ1n) is 6.71. The number of nitro groups is 8. The molecule has 0 aromatic heterocycles. The van der Waals surface area contributed by atoms with E-state index in [-0.39, 0.29) is 0 Å². The predicted molar refractivity (Wildman–Crippen MR) is 78.0 cm³/mol. The summed E-state index contributed by atoms with van der Waals surface area (Å²) in [6.07, 6.45) is -5.81. The lowest BCUT2D eigenvalue weighted by molar-refractivity contribution is -0.982. The Morgan fingerprint density at radius 3 is 0.806 bits per heavy atom. The molecule has 0 bridgehead atoms. The first kappa shape index (κ1) is 26.1. The number of hydrogen-bond donors (Lipinski definition) is 0. The molecule has 0 heterocycles. The van der Waals surface area contributed by atoms with E-state index in [1.165, 1.54) is 0 Å². The molecular formula is C6H5FN8O16. The minimum absolute atomic E-state index is 2.44. The lowest BCUT2D eigenvalue weighted by Gasteiger charge is -2.19. The summed E-state index contributed by atoms with van der Waals surface area (Å²) in [6.45, 7) is 0. The standard InChI is InChI=1S/C6H5FN8O16/c7-6(14(28)29,15(30)31)3(1-4(8(16)17,9(18)19)10(20)21)2-5(11(22)23,12(24)25)13(26)27/h3H,1-2H2. The largest absolute Gasteiger partial charge is 0.700 e. The van der Waals surface area contributed by atoms with Crippen molar-refractivity contribution in [3.8, 4) is 0 Å². The summed E-state index contributed by atoms with van der Waals surface area (Å²) < 4.78 is 14.6. The summed E-state index contributed by atoms with van der Waals surface area (Å²) in [6, 6.07) is 0. The Labute approximate surface area is 162 Å². The van der Waals surface area contributed by atoms with Gasteiger partial charge in [-0.1, -0.05) is 4.39 Å². The van der Waals surface area contributed by atoms with Gasteiger partial charge in [-0.3, -0.25) is 80.9 Å². The maximum absolute atomic E-state index is 14.6. The molecule has 0 N–H and O–H groups in total. The van der Waals surface area contributed by atoms with E-state index in [0.717, 1.165) is 0 Å². The van der Waals surface area contributed by atoms with Gasteiger partial charge in [0, 0.05) is 0 Å². The zero-order valence-corrected chi connectivity index (χ0v) is 14.0. The number of alkyl halides is 1. The van der Waals surface area contributed by atoms with Crippen LogP contribution in [0.5, 0.6) is 0 Å². The summed E-state index contributed by atoms with van der Waals surface area (Å²) in [5, 5.41) is 87.3. The third-order valence-corrected chi connectivity index (χ3v) is 3.83. The molecule has 0 aromatic carbocycles. The van der Waals surface area contributed by atoms with Crippen molar-refractivity contribution in [3.05, 3.63) is 80.9 Å². The van der Waals surface area contributed by atoms with Crippen LogP contribution < -0.4 is 0 Å². The van der Waals surface area contributed by atoms with Gasteiger partial charge >= 0.3 is 17.5 Å². The average Bonchev–Trinajstić information content (AvgIpc) is 2.58. The molecule has 0 saturated heterocycles. The number of hydrogen-bond acceptors (Lipinski definition) is 16. The summed E-state index contributed by atoms with van der Waals surface area (Å²) in [5.74, 6) is -19.5. The molecule has 0 aliphatic heterocycles. The molecule has 0 aliphatic rings. The topological polar surface area (TPSA) is 345 Å². The van der Waals surface area contributed by atoms with Gasteiger partial charge in [0.1, 0.15) is 9.85 Å². The third-order valence-electron chi connectivity index (χ3n) is 3.83. The lowest BCUT2D eigenvalue weighted by Crippen LogP contribution is -2.62. The molecule has 0 amide bonds. The summed E-state index contributed by atoms with van der Waals surface area (Å²) in [5.41, 5.74) is 0.